The van der Waals surface area contributed by atoms with Crippen LogP contribution in [0.15, 0.2) is 23.2 Å². The number of anilines is 3. The molecular weight excluding hydrogens is 348 g/mol. The van der Waals surface area contributed by atoms with Crippen LogP contribution in [0.4, 0.5) is 17.5 Å². The molecule has 2 aromatic rings. The molecule has 0 spiro atoms. The highest BCUT2D eigenvalue weighted by atomic mass is 15.3. The number of hydrogen-bond donors (Lipinski definition) is 2. The molecule has 148 valence electrons. The van der Waals surface area contributed by atoms with Gasteiger partial charge in [0, 0.05) is 42.3 Å². The Morgan fingerprint density at radius 1 is 1.21 bits per heavy atom. The minimum Gasteiger partial charge on any atom is -0.340 e. The second kappa shape index (κ2) is 7.87. The highest BCUT2D eigenvalue weighted by Crippen LogP contribution is 2.26. The molecule has 0 radical (unpaired) electrons. The van der Waals surface area contributed by atoms with Gasteiger partial charge in [-0.25, -0.2) is 4.98 Å². The number of nitrogens with one attached hydrogen (secondary N) is 2. The summed E-state index contributed by atoms with van der Waals surface area (Å²) in [6.07, 6.45) is 3.05. The molecule has 0 aliphatic carbocycles. The number of rotatable bonds is 4. The Hall–Kier alpha value is -2.47. The molecule has 6 nitrogen and oxygen atoms in total. The van der Waals surface area contributed by atoms with Crippen LogP contribution in [0.25, 0.3) is 0 Å². The molecule has 28 heavy (non-hydrogen) atoms. The van der Waals surface area contributed by atoms with Gasteiger partial charge in [0.1, 0.15) is 5.82 Å². The lowest BCUT2D eigenvalue weighted by molar-refractivity contribution is 0.419. The van der Waals surface area contributed by atoms with E-state index in [4.69, 9.17) is 9.97 Å². The van der Waals surface area contributed by atoms with E-state index in [1.807, 2.05) is 6.21 Å². The van der Waals surface area contributed by atoms with Gasteiger partial charge in [-0.3, -0.25) is 4.99 Å². The fourth-order valence-corrected chi connectivity index (χ4v) is 3.77. The van der Waals surface area contributed by atoms with Crippen molar-refractivity contribution in [3.63, 3.8) is 0 Å². The van der Waals surface area contributed by atoms with E-state index in [9.17, 15) is 0 Å². The van der Waals surface area contributed by atoms with Crippen molar-refractivity contribution in [1.29, 1.82) is 0 Å². The summed E-state index contributed by atoms with van der Waals surface area (Å²) >= 11 is 0. The van der Waals surface area contributed by atoms with E-state index in [0.717, 1.165) is 61.3 Å². The summed E-state index contributed by atoms with van der Waals surface area (Å²) < 4.78 is 0. The van der Waals surface area contributed by atoms with Crippen LogP contribution in [0.1, 0.15) is 42.7 Å². The largest absolute Gasteiger partial charge is 0.340 e. The van der Waals surface area contributed by atoms with Crippen LogP contribution in [0.5, 0.6) is 0 Å². The van der Waals surface area contributed by atoms with E-state index in [1.54, 1.807) is 0 Å². The van der Waals surface area contributed by atoms with Crippen molar-refractivity contribution < 1.29 is 0 Å². The molecule has 0 saturated carbocycles. The first-order valence-electron chi connectivity index (χ1n) is 10.2. The van der Waals surface area contributed by atoms with E-state index in [0.29, 0.717) is 12.0 Å². The quantitative estimate of drug-likeness (QED) is 0.851. The Bertz CT molecular complexity index is 889. The highest BCUT2D eigenvalue weighted by Gasteiger charge is 2.23. The average Bonchev–Trinajstić information content (AvgIpc) is 2.99. The molecule has 4 rings (SSSR count). The molecule has 2 N–H and O–H groups in total. The van der Waals surface area contributed by atoms with Crippen molar-refractivity contribution in [1.82, 2.24) is 15.3 Å². The number of aliphatic imine (C=N–C) groups is 1. The van der Waals surface area contributed by atoms with E-state index < -0.39 is 0 Å². The van der Waals surface area contributed by atoms with Crippen molar-refractivity contribution in [2.45, 2.75) is 46.7 Å². The van der Waals surface area contributed by atoms with Gasteiger partial charge in [-0.1, -0.05) is 19.9 Å². The Morgan fingerprint density at radius 3 is 2.89 bits per heavy atom. The van der Waals surface area contributed by atoms with Gasteiger partial charge in [-0.2, -0.15) is 4.98 Å². The first-order chi connectivity index (χ1) is 13.5. The normalized spacial score (nSPS) is 19.0. The Balaban J connectivity index is 1.62. The van der Waals surface area contributed by atoms with E-state index in [2.05, 4.69) is 66.4 Å². The van der Waals surface area contributed by atoms with Crippen molar-refractivity contribution in [2.24, 2.45) is 10.9 Å². The van der Waals surface area contributed by atoms with Gasteiger partial charge >= 0.3 is 0 Å². The summed E-state index contributed by atoms with van der Waals surface area (Å²) in [5, 5.41) is 7.18. The van der Waals surface area contributed by atoms with Crippen LogP contribution in [0, 0.1) is 19.8 Å². The first kappa shape index (κ1) is 18.9. The van der Waals surface area contributed by atoms with E-state index in [-0.39, 0.29) is 0 Å². The van der Waals surface area contributed by atoms with Gasteiger partial charge < -0.3 is 15.5 Å². The molecule has 1 unspecified atom stereocenters. The van der Waals surface area contributed by atoms with Crippen LogP contribution >= 0.6 is 0 Å². The van der Waals surface area contributed by atoms with E-state index >= 15 is 0 Å². The third kappa shape index (κ3) is 3.87. The maximum atomic E-state index is 4.92. The predicted octanol–water partition coefficient (Wildman–Crippen LogP) is 3.59. The third-order valence-electron chi connectivity index (χ3n) is 5.79. The fraction of sp³-hybridized carbons (Fsp3) is 0.500. The Morgan fingerprint density at radius 2 is 2.07 bits per heavy atom. The lowest BCUT2D eigenvalue weighted by Crippen LogP contribution is -2.41. The second-order valence-corrected chi connectivity index (χ2v) is 8.20. The van der Waals surface area contributed by atoms with Gasteiger partial charge in [-0.15, -0.1) is 0 Å². The number of aromatic nitrogens is 2. The lowest BCUT2D eigenvalue weighted by atomic mass is 10.0. The second-order valence-electron chi connectivity index (χ2n) is 8.20. The zero-order chi connectivity index (χ0) is 19.7. The van der Waals surface area contributed by atoms with Gasteiger partial charge in [0.05, 0.1) is 6.54 Å². The molecule has 0 amide bonds. The molecule has 1 saturated heterocycles. The number of hydrogen-bond acceptors (Lipinski definition) is 6. The SMILES string of the molecule is Cc1nc(N2CCCNC(C(C)C)C2)nc(Nc2ccc3c(c2)C=NC3)c1C. The third-order valence-corrected chi connectivity index (χ3v) is 5.79. The maximum absolute atomic E-state index is 4.92. The average molecular weight is 379 g/mol. The van der Waals surface area contributed by atoms with Crippen molar-refractivity contribution in [3.8, 4) is 0 Å². The molecule has 6 heteroatoms. The topological polar surface area (TPSA) is 65.4 Å². The molecule has 0 bridgehead atoms. The van der Waals surface area contributed by atoms with Gasteiger partial charge in [-0.05, 0) is 56.0 Å². The van der Waals surface area contributed by atoms with Crippen molar-refractivity contribution >= 4 is 23.7 Å². The highest BCUT2D eigenvalue weighted by molar-refractivity contribution is 5.86. The molecule has 1 atom stereocenters. The number of benzene rings is 1. The summed E-state index contributed by atoms with van der Waals surface area (Å²) in [6.45, 7) is 12.4. The predicted molar refractivity (Wildman–Crippen MR) is 116 cm³/mol. The Labute approximate surface area is 167 Å². The molecule has 1 aromatic heterocycles. The lowest BCUT2D eigenvalue weighted by Gasteiger charge is -2.27. The van der Waals surface area contributed by atoms with Crippen LogP contribution in [-0.4, -0.2) is 41.9 Å². The molecular formula is C22H30N6. The van der Waals surface area contributed by atoms with Gasteiger partial charge in [0.15, 0.2) is 0 Å². The standard InChI is InChI=1S/C22H30N6/c1-14(2)20-13-28(9-5-8-24-20)22-25-16(4)15(3)21(27-22)26-19-7-6-17-11-23-12-18(17)10-19/h6-7,10,12,14,20,24H,5,8-9,11,13H2,1-4H3,(H,25,26,27). The van der Waals surface area contributed by atoms with Crippen LogP contribution in [-0.2, 0) is 6.54 Å². The maximum Gasteiger partial charge on any atom is 0.227 e. The smallest absolute Gasteiger partial charge is 0.227 e. The molecule has 3 heterocycles. The van der Waals surface area contributed by atoms with Crippen molar-refractivity contribution in [3.05, 3.63) is 40.6 Å². The number of nitrogens with zero attached hydrogens (tertiary/aromatic N) is 4. The molecule has 2 aliphatic rings. The van der Waals surface area contributed by atoms with Gasteiger partial charge in [0.2, 0.25) is 5.95 Å². The summed E-state index contributed by atoms with van der Waals surface area (Å²) in [7, 11) is 0. The summed E-state index contributed by atoms with van der Waals surface area (Å²) in [6, 6.07) is 6.85. The summed E-state index contributed by atoms with van der Waals surface area (Å²) in [5.41, 5.74) is 5.61. The zero-order valence-corrected chi connectivity index (χ0v) is 17.3. The van der Waals surface area contributed by atoms with Crippen molar-refractivity contribution in [2.75, 3.05) is 29.9 Å². The first-order valence-corrected chi connectivity index (χ1v) is 10.2. The van der Waals surface area contributed by atoms with Crippen LogP contribution < -0.4 is 15.5 Å². The zero-order valence-electron chi connectivity index (χ0n) is 17.3. The van der Waals surface area contributed by atoms with E-state index in [1.165, 1.54) is 11.1 Å². The fourth-order valence-electron chi connectivity index (χ4n) is 3.77. The number of fused-ring (bicyclic) bond motifs is 1. The number of aryl methyl sites for hydroxylation is 1. The minimum atomic E-state index is 0.458. The Kier molecular flexibility index (Phi) is 5.31. The van der Waals surface area contributed by atoms with Crippen LogP contribution in [0.2, 0.25) is 0 Å². The monoisotopic (exact) mass is 378 g/mol. The molecule has 2 aliphatic heterocycles. The van der Waals surface area contributed by atoms with Gasteiger partial charge in [0.25, 0.3) is 0 Å². The summed E-state index contributed by atoms with van der Waals surface area (Å²) in [5.74, 6) is 2.29. The summed E-state index contributed by atoms with van der Waals surface area (Å²) in [4.78, 5) is 16.4. The van der Waals surface area contributed by atoms with Crippen LogP contribution in [0.3, 0.4) is 0 Å². The molecule has 1 fully saturated rings. The minimum absolute atomic E-state index is 0.458. The molecule has 1 aromatic carbocycles.